The van der Waals surface area contributed by atoms with Gasteiger partial charge < -0.3 is 15.1 Å². The van der Waals surface area contributed by atoms with Crippen molar-refractivity contribution in [3.8, 4) is 0 Å². The van der Waals surface area contributed by atoms with Crippen LogP contribution in [0.2, 0.25) is 0 Å². The summed E-state index contributed by atoms with van der Waals surface area (Å²) in [5, 5.41) is 3.68. The Morgan fingerprint density at radius 3 is 2.67 bits per heavy atom. The quantitative estimate of drug-likeness (QED) is 0.728. The number of quaternary nitrogens is 1. The number of aryl methyl sites for hydroxylation is 1. The van der Waals surface area contributed by atoms with Crippen LogP contribution < -0.4 is 10.2 Å². The van der Waals surface area contributed by atoms with Crippen LogP contribution in [0.5, 0.6) is 0 Å². The Labute approximate surface area is 147 Å². The minimum atomic E-state index is -2.83. The largest absolute Gasteiger partial charge is 0.338 e. The van der Waals surface area contributed by atoms with Crippen molar-refractivity contribution in [1.29, 1.82) is 0 Å². The zero-order valence-corrected chi connectivity index (χ0v) is 15.4. The zero-order valence-electron chi connectivity index (χ0n) is 13.7. The Hall–Kier alpha value is -1.25. The van der Waals surface area contributed by atoms with Crippen LogP contribution in [-0.2, 0) is 9.84 Å². The van der Waals surface area contributed by atoms with E-state index >= 15 is 0 Å². The molecule has 3 rings (SSSR count). The van der Waals surface area contributed by atoms with Crippen LogP contribution in [0.3, 0.4) is 0 Å². The molecule has 0 bridgehead atoms. The molecule has 8 heteroatoms. The van der Waals surface area contributed by atoms with E-state index in [2.05, 4.69) is 10.2 Å². The lowest BCUT2D eigenvalue weighted by Crippen LogP contribution is -3.18. The Bertz CT molecular complexity index is 731. The number of sulfone groups is 1. The van der Waals surface area contributed by atoms with Crippen molar-refractivity contribution >= 4 is 32.9 Å². The normalized spacial score (nSPS) is 24.1. The SMILES string of the molecule is Cc1ccc(NC(=S)N2CC[NH+]([C@H]3CCS(=O)(=O)C3)CC2)cc1F. The fraction of sp³-hybridized carbons (Fsp3) is 0.562. The number of anilines is 1. The van der Waals surface area contributed by atoms with Crippen LogP contribution in [-0.4, -0.2) is 62.2 Å². The van der Waals surface area contributed by atoms with Gasteiger partial charge >= 0.3 is 0 Å². The van der Waals surface area contributed by atoms with E-state index in [0.717, 1.165) is 32.6 Å². The first-order valence-corrected chi connectivity index (χ1v) is 10.4. The van der Waals surface area contributed by atoms with Crippen LogP contribution in [0.15, 0.2) is 18.2 Å². The second kappa shape index (κ2) is 6.93. The Balaban J connectivity index is 1.52. The highest BCUT2D eigenvalue weighted by Crippen LogP contribution is 2.14. The molecule has 1 aromatic rings. The molecule has 132 valence electrons. The third-order valence-corrected chi connectivity index (χ3v) is 7.05. The van der Waals surface area contributed by atoms with Gasteiger partial charge in [-0.3, -0.25) is 0 Å². The minimum Gasteiger partial charge on any atom is -0.338 e. The third-order valence-electron chi connectivity index (χ3n) is 4.93. The molecule has 2 heterocycles. The van der Waals surface area contributed by atoms with E-state index in [1.807, 2.05) is 6.07 Å². The monoisotopic (exact) mass is 372 g/mol. The Morgan fingerprint density at radius 1 is 1.38 bits per heavy atom. The zero-order chi connectivity index (χ0) is 17.3. The predicted octanol–water partition coefficient (Wildman–Crippen LogP) is 0.219. The van der Waals surface area contributed by atoms with E-state index in [1.54, 1.807) is 13.0 Å². The van der Waals surface area contributed by atoms with Crippen molar-refractivity contribution in [2.24, 2.45) is 0 Å². The highest BCUT2D eigenvalue weighted by Gasteiger charge is 2.37. The highest BCUT2D eigenvalue weighted by atomic mass is 32.2. The molecule has 24 heavy (non-hydrogen) atoms. The third kappa shape index (κ3) is 4.04. The Kier molecular flexibility index (Phi) is 5.08. The second-order valence-electron chi connectivity index (χ2n) is 6.64. The van der Waals surface area contributed by atoms with Gasteiger partial charge in [-0.2, -0.15) is 0 Å². The molecule has 0 aromatic heterocycles. The van der Waals surface area contributed by atoms with Crippen LogP contribution in [0.25, 0.3) is 0 Å². The molecule has 1 atom stereocenters. The minimum absolute atomic E-state index is 0.227. The van der Waals surface area contributed by atoms with Crippen molar-refractivity contribution in [3.63, 3.8) is 0 Å². The fourth-order valence-electron chi connectivity index (χ4n) is 3.40. The van der Waals surface area contributed by atoms with Gasteiger partial charge in [-0.1, -0.05) is 6.07 Å². The van der Waals surface area contributed by atoms with Gasteiger partial charge in [0.15, 0.2) is 14.9 Å². The number of piperazine rings is 1. The van der Waals surface area contributed by atoms with Crippen molar-refractivity contribution in [3.05, 3.63) is 29.6 Å². The van der Waals surface area contributed by atoms with Crippen molar-refractivity contribution < 1.29 is 17.7 Å². The van der Waals surface area contributed by atoms with Gasteiger partial charge in [-0.25, -0.2) is 12.8 Å². The van der Waals surface area contributed by atoms with Crippen LogP contribution in [0.4, 0.5) is 10.1 Å². The summed E-state index contributed by atoms with van der Waals surface area (Å²) in [5.74, 6) is 0.386. The maximum Gasteiger partial charge on any atom is 0.173 e. The van der Waals surface area contributed by atoms with Gasteiger partial charge in [0, 0.05) is 12.1 Å². The second-order valence-corrected chi connectivity index (χ2v) is 9.25. The van der Waals surface area contributed by atoms with E-state index in [-0.39, 0.29) is 11.9 Å². The van der Waals surface area contributed by atoms with E-state index in [1.165, 1.54) is 11.0 Å². The molecular formula is C16H23FN3O2S2+. The molecule has 0 aliphatic carbocycles. The molecule has 2 N–H and O–H groups in total. The maximum absolute atomic E-state index is 13.6. The van der Waals surface area contributed by atoms with E-state index in [9.17, 15) is 12.8 Å². The number of nitrogens with one attached hydrogen (secondary N) is 2. The predicted molar refractivity (Wildman–Crippen MR) is 96.7 cm³/mol. The van der Waals surface area contributed by atoms with Crippen LogP contribution >= 0.6 is 12.2 Å². The number of rotatable bonds is 2. The molecule has 0 saturated carbocycles. The number of benzene rings is 1. The molecule has 0 unspecified atom stereocenters. The van der Waals surface area contributed by atoms with Gasteiger partial charge in [-0.15, -0.1) is 0 Å². The fourth-order valence-corrected chi connectivity index (χ4v) is 5.52. The molecule has 0 amide bonds. The average molecular weight is 373 g/mol. The summed E-state index contributed by atoms with van der Waals surface area (Å²) in [6, 6.07) is 5.22. The molecule has 0 radical (unpaired) electrons. The van der Waals surface area contributed by atoms with Gasteiger partial charge in [0.05, 0.1) is 31.9 Å². The molecule has 2 aliphatic heterocycles. The molecule has 2 fully saturated rings. The van der Waals surface area contributed by atoms with Crippen LogP contribution in [0.1, 0.15) is 12.0 Å². The Morgan fingerprint density at radius 2 is 2.08 bits per heavy atom. The molecule has 2 aliphatic rings. The summed E-state index contributed by atoms with van der Waals surface area (Å²) < 4.78 is 36.9. The van der Waals surface area contributed by atoms with Gasteiger partial charge in [-0.05, 0) is 36.8 Å². The molecular weight excluding hydrogens is 349 g/mol. The van der Waals surface area contributed by atoms with Gasteiger partial charge in [0.1, 0.15) is 17.6 Å². The van der Waals surface area contributed by atoms with Gasteiger partial charge in [0.25, 0.3) is 0 Å². The van der Waals surface area contributed by atoms with Crippen molar-refractivity contribution in [2.75, 3.05) is 43.0 Å². The van der Waals surface area contributed by atoms with E-state index in [0.29, 0.717) is 27.9 Å². The molecule has 5 nitrogen and oxygen atoms in total. The van der Waals surface area contributed by atoms with Gasteiger partial charge in [0.2, 0.25) is 0 Å². The molecule has 0 spiro atoms. The maximum atomic E-state index is 13.6. The first-order valence-electron chi connectivity index (χ1n) is 8.21. The first-order chi connectivity index (χ1) is 11.3. The summed E-state index contributed by atoms with van der Waals surface area (Å²) in [5.41, 5.74) is 1.26. The number of halogens is 1. The van der Waals surface area contributed by atoms with Crippen molar-refractivity contribution in [2.45, 2.75) is 19.4 Å². The smallest absolute Gasteiger partial charge is 0.173 e. The number of thiocarbonyl (C=S) groups is 1. The summed E-state index contributed by atoms with van der Waals surface area (Å²) in [7, 11) is -2.83. The number of hydrogen-bond acceptors (Lipinski definition) is 3. The molecule has 2 saturated heterocycles. The van der Waals surface area contributed by atoms with E-state index in [4.69, 9.17) is 12.2 Å². The first kappa shape index (κ1) is 17.6. The van der Waals surface area contributed by atoms with Crippen LogP contribution in [0, 0.1) is 12.7 Å². The highest BCUT2D eigenvalue weighted by molar-refractivity contribution is 7.91. The van der Waals surface area contributed by atoms with Crippen molar-refractivity contribution in [1.82, 2.24) is 4.90 Å². The lowest BCUT2D eigenvalue weighted by atomic mass is 10.2. The topological polar surface area (TPSA) is 53.9 Å². The summed E-state index contributed by atoms with van der Waals surface area (Å²) in [6.45, 7) is 5.05. The average Bonchev–Trinajstić information content (AvgIpc) is 2.91. The molecule has 1 aromatic carbocycles. The number of nitrogens with zero attached hydrogens (tertiary/aromatic N) is 1. The summed E-state index contributed by atoms with van der Waals surface area (Å²) in [4.78, 5) is 3.43. The lowest BCUT2D eigenvalue weighted by Gasteiger charge is -2.36. The standard InChI is InChI=1S/C16H22FN3O2S2/c1-12-2-3-13(10-15(12)17)18-16(23)20-7-5-19(6-8-20)14-4-9-24(21,22)11-14/h2-3,10,14H,4-9,11H2,1H3,(H,18,23)/p+1/t14-/m0/s1. The summed E-state index contributed by atoms with van der Waals surface area (Å²) in [6.07, 6.45) is 0.767. The lowest BCUT2D eigenvalue weighted by molar-refractivity contribution is -0.925. The number of hydrogen-bond donors (Lipinski definition) is 2. The summed E-state index contributed by atoms with van der Waals surface area (Å²) >= 11 is 5.43. The van der Waals surface area contributed by atoms with E-state index < -0.39 is 9.84 Å².